The number of aryl methyl sites for hydroxylation is 1. The fraction of sp³-hybridized carbons (Fsp3) is 0.588. The molecule has 0 aromatic heterocycles. The number of amides is 1. The third-order valence-electron chi connectivity index (χ3n) is 4.03. The van der Waals surface area contributed by atoms with Gasteiger partial charge in [0.15, 0.2) is 0 Å². The second kappa shape index (κ2) is 11.7. The lowest BCUT2D eigenvalue weighted by Crippen LogP contribution is -2.48. The second-order valence-corrected chi connectivity index (χ2v) is 5.85. The Kier molecular flexibility index (Phi) is 11.3. The van der Waals surface area contributed by atoms with Crippen LogP contribution in [0.2, 0.25) is 0 Å². The Morgan fingerprint density at radius 1 is 1.17 bits per heavy atom. The molecule has 1 saturated heterocycles. The SMILES string of the molecule is CNCCCC(=O)N1CCN(Cc2cccc(C)c2)CC1.Cl.Cl. The zero-order valence-corrected chi connectivity index (χ0v) is 15.7. The van der Waals surface area contributed by atoms with E-state index in [9.17, 15) is 4.79 Å². The lowest BCUT2D eigenvalue weighted by molar-refractivity contribution is -0.133. The van der Waals surface area contributed by atoms with Gasteiger partial charge in [0.25, 0.3) is 0 Å². The van der Waals surface area contributed by atoms with Crippen molar-refractivity contribution in [3.63, 3.8) is 0 Å². The highest BCUT2D eigenvalue weighted by molar-refractivity contribution is 5.85. The minimum atomic E-state index is 0. The fourth-order valence-electron chi connectivity index (χ4n) is 2.80. The standard InChI is InChI=1S/C17H27N3O.2ClH/c1-15-5-3-6-16(13-15)14-19-9-11-20(12-10-19)17(21)7-4-8-18-2;;/h3,5-6,13,18H,4,7-12,14H2,1-2H3;2*1H. The zero-order valence-electron chi connectivity index (χ0n) is 14.1. The maximum Gasteiger partial charge on any atom is 0.222 e. The molecule has 0 radical (unpaired) electrons. The number of hydrogen-bond donors (Lipinski definition) is 1. The van der Waals surface area contributed by atoms with Crippen LogP contribution in [0.4, 0.5) is 0 Å². The van der Waals surface area contributed by atoms with Crippen molar-refractivity contribution in [2.45, 2.75) is 26.3 Å². The molecule has 1 fully saturated rings. The van der Waals surface area contributed by atoms with E-state index in [-0.39, 0.29) is 24.8 Å². The average Bonchev–Trinajstić information content (AvgIpc) is 2.48. The largest absolute Gasteiger partial charge is 0.340 e. The Morgan fingerprint density at radius 3 is 2.48 bits per heavy atom. The van der Waals surface area contributed by atoms with Crippen LogP contribution in [0, 0.1) is 6.92 Å². The lowest BCUT2D eigenvalue weighted by atomic mass is 10.1. The van der Waals surface area contributed by atoms with Gasteiger partial charge in [0.2, 0.25) is 5.91 Å². The van der Waals surface area contributed by atoms with Crippen molar-refractivity contribution in [3.05, 3.63) is 35.4 Å². The van der Waals surface area contributed by atoms with Crippen molar-refractivity contribution in [2.75, 3.05) is 39.8 Å². The normalized spacial score (nSPS) is 14.8. The molecule has 23 heavy (non-hydrogen) atoms. The molecule has 1 aliphatic heterocycles. The summed E-state index contributed by atoms with van der Waals surface area (Å²) >= 11 is 0. The maximum absolute atomic E-state index is 12.1. The van der Waals surface area contributed by atoms with Gasteiger partial charge in [-0.1, -0.05) is 29.8 Å². The highest BCUT2D eigenvalue weighted by atomic mass is 35.5. The first-order valence-electron chi connectivity index (χ1n) is 7.89. The first kappa shape index (κ1) is 22.2. The Balaban J connectivity index is 0.00000242. The number of nitrogens with zero attached hydrogens (tertiary/aromatic N) is 2. The van der Waals surface area contributed by atoms with Gasteiger partial charge in [-0.25, -0.2) is 0 Å². The summed E-state index contributed by atoms with van der Waals surface area (Å²) in [5, 5.41) is 3.09. The van der Waals surface area contributed by atoms with E-state index in [0.29, 0.717) is 12.3 Å². The summed E-state index contributed by atoms with van der Waals surface area (Å²) < 4.78 is 0. The summed E-state index contributed by atoms with van der Waals surface area (Å²) in [5.41, 5.74) is 2.68. The third-order valence-corrected chi connectivity index (χ3v) is 4.03. The fourth-order valence-corrected chi connectivity index (χ4v) is 2.80. The molecule has 0 spiro atoms. The van der Waals surface area contributed by atoms with E-state index in [1.54, 1.807) is 0 Å². The first-order chi connectivity index (χ1) is 10.2. The van der Waals surface area contributed by atoms with Crippen molar-refractivity contribution < 1.29 is 4.79 Å². The van der Waals surface area contributed by atoms with Gasteiger partial charge in [-0.2, -0.15) is 0 Å². The van der Waals surface area contributed by atoms with Crippen LogP contribution in [0.15, 0.2) is 24.3 Å². The van der Waals surface area contributed by atoms with Crippen molar-refractivity contribution in [1.82, 2.24) is 15.1 Å². The molecule has 1 N–H and O–H groups in total. The van der Waals surface area contributed by atoms with Crippen molar-refractivity contribution in [2.24, 2.45) is 0 Å². The summed E-state index contributed by atoms with van der Waals surface area (Å²) in [7, 11) is 1.93. The molecule has 0 bridgehead atoms. The van der Waals surface area contributed by atoms with E-state index in [1.165, 1.54) is 11.1 Å². The lowest BCUT2D eigenvalue weighted by Gasteiger charge is -2.35. The minimum Gasteiger partial charge on any atom is -0.340 e. The number of hydrogen-bond acceptors (Lipinski definition) is 3. The molecule has 1 aromatic rings. The topological polar surface area (TPSA) is 35.6 Å². The molecule has 0 unspecified atom stereocenters. The van der Waals surface area contributed by atoms with Crippen LogP contribution in [0.5, 0.6) is 0 Å². The van der Waals surface area contributed by atoms with E-state index in [2.05, 4.69) is 41.4 Å². The van der Waals surface area contributed by atoms with Crippen LogP contribution in [-0.2, 0) is 11.3 Å². The van der Waals surface area contributed by atoms with Gasteiger partial charge in [0.1, 0.15) is 0 Å². The van der Waals surface area contributed by atoms with Gasteiger partial charge in [-0.15, -0.1) is 24.8 Å². The predicted molar refractivity (Wildman–Crippen MR) is 101 cm³/mol. The van der Waals surface area contributed by atoms with Crippen LogP contribution >= 0.6 is 24.8 Å². The van der Waals surface area contributed by atoms with Gasteiger partial charge >= 0.3 is 0 Å². The van der Waals surface area contributed by atoms with E-state index in [4.69, 9.17) is 0 Å². The molecule has 4 nitrogen and oxygen atoms in total. The van der Waals surface area contributed by atoms with Crippen LogP contribution in [0.3, 0.4) is 0 Å². The Morgan fingerprint density at radius 2 is 1.87 bits per heavy atom. The summed E-state index contributed by atoms with van der Waals surface area (Å²) in [6.07, 6.45) is 1.59. The summed E-state index contributed by atoms with van der Waals surface area (Å²) in [6.45, 7) is 7.72. The number of nitrogens with one attached hydrogen (secondary N) is 1. The predicted octanol–water partition coefficient (Wildman–Crippen LogP) is 2.48. The van der Waals surface area contributed by atoms with Gasteiger partial charge in [-0.3, -0.25) is 9.69 Å². The van der Waals surface area contributed by atoms with E-state index in [1.807, 2.05) is 11.9 Å². The Hall–Kier alpha value is -0.810. The molecule has 1 aliphatic rings. The highest BCUT2D eigenvalue weighted by Crippen LogP contribution is 2.11. The summed E-state index contributed by atoms with van der Waals surface area (Å²) in [4.78, 5) is 16.5. The van der Waals surface area contributed by atoms with Crippen molar-refractivity contribution in [3.8, 4) is 0 Å². The molecule has 0 aliphatic carbocycles. The number of carbonyl (C=O) groups is 1. The van der Waals surface area contributed by atoms with Gasteiger partial charge in [-0.05, 0) is 32.5 Å². The first-order valence-corrected chi connectivity index (χ1v) is 7.89. The molecule has 0 atom stereocenters. The Bertz CT molecular complexity index is 463. The summed E-state index contributed by atoms with van der Waals surface area (Å²) in [6, 6.07) is 8.68. The van der Waals surface area contributed by atoms with Crippen LogP contribution in [0.25, 0.3) is 0 Å². The van der Waals surface area contributed by atoms with Gasteiger partial charge < -0.3 is 10.2 Å². The molecule has 0 saturated carbocycles. The zero-order chi connectivity index (χ0) is 15.1. The molecule has 132 valence electrons. The number of rotatable bonds is 6. The number of carbonyl (C=O) groups excluding carboxylic acids is 1. The number of benzene rings is 1. The van der Waals surface area contributed by atoms with Gasteiger partial charge in [0, 0.05) is 39.1 Å². The number of halogens is 2. The Labute approximate surface area is 152 Å². The third kappa shape index (κ3) is 7.53. The molecule has 1 heterocycles. The monoisotopic (exact) mass is 361 g/mol. The van der Waals surface area contributed by atoms with Crippen molar-refractivity contribution in [1.29, 1.82) is 0 Å². The quantitative estimate of drug-likeness (QED) is 0.790. The van der Waals surface area contributed by atoms with E-state index in [0.717, 1.165) is 45.7 Å². The molecular weight excluding hydrogens is 333 g/mol. The molecular formula is C17H29Cl2N3O. The molecule has 2 rings (SSSR count). The minimum absolute atomic E-state index is 0. The van der Waals surface area contributed by atoms with Crippen LogP contribution < -0.4 is 5.32 Å². The van der Waals surface area contributed by atoms with Crippen LogP contribution in [-0.4, -0.2) is 55.5 Å². The van der Waals surface area contributed by atoms with E-state index < -0.39 is 0 Å². The smallest absolute Gasteiger partial charge is 0.222 e. The molecule has 1 aromatic carbocycles. The number of piperazine rings is 1. The molecule has 6 heteroatoms. The highest BCUT2D eigenvalue weighted by Gasteiger charge is 2.20. The summed E-state index contributed by atoms with van der Waals surface area (Å²) in [5.74, 6) is 0.306. The van der Waals surface area contributed by atoms with Crippen LogP contribution in [0.1, 0.15) is 24.0 Å². The average molecular weight is 362 g/mol. The molecule has 1 amide bonds. The maximum atomic E-state index is 12.1. The van der Waals surface area contributed by atoms with Crippen molar-refractivity contribution >= 4 is 30.7 Å². The second-order valence-electron chi connectivity index (χ2n) is 5.85. The van der Waals surface area contributed by atoms with Gasteiger partial charge in [0.05, 0.1) is 0 Å². The van der Waals surface area contributed by atoms with E-state index >= 15 is 0 Å².